The third-order valence-electron chi connectivity index (χ3n) is 3.75. The molecule has 1 heterocycles. The Hall–Kier alpha value is -2.39. The van der Waals surface area contributed by atoms with Gasteiger partial charge in [-0.2, -0.15) is 0 Å². The van der Waals surface area contributed by atoms with Gasteiger partial charge in [0.1, 0.15) is 0 Å². The topological polar surface area (TPSA) is 99.9 Å². The first-order chi connectivity index (χ1) is 12.0. The number of nitrogens with two attached hydrogens (primary N) is 1. The fraction of sp³-hybridized carbons (Fsp3) is 0.125. The van der Waals surface area contributed by atoms with Gasteiger partial charge in [0.05, 0.1) is 4.92 Å². The van der Waals surface area contributed by atoms with Crippen LogP contribution < -0.4 is 5.84 Å². The van der Waals surface area contributed by atoms with Gasteiger partial charge in [-0.3, -0.25) is 10.1 Å². The average Bonchev–Trinajstić information content (AvgIpc) is 2.95. The second kappa shape index (κ2) is 7.24. The largest absolute Gasteiger partial charge is 0.335 e. The van der Waals surface area contributed by atoms with Crippen LogP contribution in [0, 0.1) is 17.0 Å². The Morgan fingerprint density at radius 2 is 2.00 bits per heavy atom. The van der Waals surface area contributed by atoms with Crippen molar-refractivity contribution in [2.24, 2.45) is 0 Å². The van der Waals surface area contributed by atoms with Gasteiger partial charge in [-0.1, -0.05) is 52.0 Å². The number of aromatic nitrogens is 3. The lowest BCUT2D eigenvalue weighted by Gasteiger charge is -2.07. The highest BCUT2D eigenvalue weighted by Gasteiger charge is 2.17. The van der Waals surface area contributed by atoms with Crippen LogP contribution in [-0.2, 0) is 5.75 Å². The van der Waals surface area contributed by atoms with Crippen molar-refractivity contribution in [2.75, 3.05) is 5.84 Å². The van der Waals surface area contributed by atoms with Crippen LogP contribution in [0.4, 0.5) is 5.69 Å². The second-order valence-corrected chi connectivity index (χ2v) is 7.06. The molecule has 25 heavy (non-hydrogen) atoms. The van der Waals surface area contributed by atoms with Gasteiger partial charge in [0, 0.05) is 27.4 Å². The summed E-state index contributed by atoms with van der Waals surface area (Å²) in [7, 11) is 0. The maximum atomic E-state index is 11.0. The Kier molecular flexibility index (Phi) is 5.05. The molecule has 1 aromatic heterocycles. The highest BCUT2D eigenvalue weighted by molar-refractivity contribution is 9.10. The highest BCUT2D eigenvalue weighted by Crippen LogP contribution is 2.30. The van der Waals surface area contributed by atoms with E-state index >= 15 is 0 Å². The number of nitro benzene ring substituents is 1. The number of nitrogens with zero attached hydrogens (tertiary/aromatic N) is 4. The van der Waals surface area contributed by atoms with Gasteiger partial charge in [0.25, 0.3) is 5.69 Å². The summed E-state index contributed by atoms with van der Waals surface area (Å²) in [6.07, 6.45) is 0. The van der Waals surface area contributed by atoms with Crippen LogP contribution in [0.3, 0.4) is 0 Å². The molecule has 0 aliphatic rings. The molecule has 0 unspecified atom stereocenters. The highest BCUT2D eigenvalue weighted by atomic mass is 79.9. The molecule has 0 saturated carbocycles. The van der Waals surface area contributed by atoms with Crippen molar-refractivity contribution < 1.29 is 4.92 Å². The van der Waals surface area contributed by atoms with Crippen LogP contribution in [-0.4, -0.2) is 19.8 Å². The van der Waals surface area contributed by atoms with Crippen molar-refractivity contribution >= 4 is 33.4 Å². The number of thioether (sulfide) groups is 1. The van der Waals surface area contributed by atoms with Crippen molar-refractivity contribution in [3.63, 3.8) is 0 Å². The minimum Gasteiger partial charge on any atom is -0.335 e. The lowest BCUT2D eigenvalue weighted by Crippen LogP contribution is -2.11. The van der Waals surface area contributed by atoms with Crippen molar-refractivity contribution in [3.05, 3.63) is 68.2 Å². The summed E-state index contributed by atoms with van der Waals surface area (Å²) in [5.74, 6) is 7.19. The number of halogens is 1. The van der Waals surface area contributed by atoms with E-state index < -0.39 is 0 Å². The third-order valence-corrected chi connectivity index (χ3v) is 5.43. The SMILES string of the molecule is Cc1c(CSc2nnc(-c3ccccc3Br)n2N)cccc1[N+](=O)[O-]. The Labute approximate surface area is 156 Å². The van der Waals surface area contributed by atoms with Crippen molar-refractivity contribution in [3.8, 4) is 11.4 Å². The molecule has 2 aromatic carbocycles. The summed E-state index contributed by atoms with van der Waals surface area (Å²) in [4.78, 5) is 10.7. The molecule has 0 radical (unpaired) electrons. The molecule has 128 valence electrons. The zero-order chi connectivity index (χ0) is 18.0. The normalized spacial score (nSPS) is 10.8. The smallest absolute Gasteiger partial charge is 0.272 e. The van der Waals surface area contributed by atoms with Gasteiger partial charge >= 0.3 is 0 Å². The van der Waals surface area contributed by atoms with Crippen LogP contribution in [0.2, 0.25) is 0 Å². The van der Waals surface area contributed by atoms with Crippen molar-refractivity contribution in [2.45, 2.75) is 17.8 Å². The number of hydrogen-bond acceptors (Lipinski definition) is 6. The second-order valence-electron chi connectivity index (χ2n) is 5.26. The monoisotopic (exact) mass is 419 g/mol. The average molecular weight is 420 g/mol. The van der Waals surface area contributed by atoms with Crippen LogP contribution in [0.1, 0.15) is 11.1 Å². The van der Waals surface area contributed by atoms with E-state index in [-0.39, 0.29) is 10.6 Å². The Balaban J connectivity index is 1.83. The van der Waals surface area contributed by atoms with E-state index in [9.17, 15) is 10.1 Å². The molecule has 3 rings (SSSR count). The predicted molar refractivity (Wildman–Crippen MR) is 101 cm³/mol. The molecule has 9 heteroatoms. The van der Waals surface area contributed by atoms with E-state index in [4.69, 9.17) is 5.84 Å². The number of nitro groups is 1. The summed E-state index contributed by atoms with van der Waals surface area (Å²) in [5.41, 5.74) is 2.47. The third kappa shape index (κ3) is 3.52. The number of rotatable bonds is 5. The van der Waals surface area contributed by atoms with Gasteiger partial charge in [-0.05, 0) is 24.6 Å². The number of nitrogen functional groups attached to an aromatic ring is 1. The fourth-order valence-corrected chi connectivity index (χ4v) is 3.75. The van der Waals surface area contributed by atoms with E-state index in [0.717, 1.165) is 15.6 Å². The van der Waals surface area contributed by atoms with Gasteiger partial charge in [-0.15, -0.1) is 10.2 Å². The van der Waals surface area contributed by atoms with Gasteiger partial charge in [0.15, 0.2) is 5.82 Å². The quantitative estimate of drug-likeness (QED) is 0.291. The summed E-state index contributed by atoms with van der Waals surface area (Å²) >= 11 is 4.86. The predicted octanol–water partition coefficient (Wildman–Crippen LogP) is 3.93. The molecular formula is C16H14BrN5O2S. The van der Waals surface area contributed by atoms with Crippen LogP contribution in [0.15, 0.2) is 52.1 Å². The van der Waals surface area contributed by atoms with E-state index in [1.54, 1.807) is 13.0 Å². The van der Waals surface area contributed by atoms with Gasteiger partial charge < -0.3 is 5.84 Å². The number of hydrogen-bond donors (Lipinski definition) is 1. The standard InChI is InChI=1S/C16H14BrN5O2S/c1-10-11(5-4-8-14(10)22(23)24)9-25-16-20-19-15(21(16)18)12-6-2-3-7-13(12)17/h2-8H,9,18H2,1H3. The van der Waals surface area contributed by atoms with E-state index in [2.05, 4.69) is 26.1 Å². The zero-order valence-electron chi connectivity index (χ0n) is 13.2. The van der Waals surface area contributed by atoms with E-state index in [1.165, 1.54) is 22.5 Å². The number of benzene rings is 2. The molecule has 0 fully saturated rings. The minimum absolute atomic E-state index is 0.112. The molecule has 2 N–H and O–H groups in total. The Morgan fingerprint density at radius 3 is 2.72 bits per heavy atom. The first-order valence-corrected chi connectivity index (χ1v) is 9.08. The van der Waals surface area contributed by atoms with Gasteiger partial charge in [-0.25, -0.2) is 4.68 Å². The molecular weight excluding hydrogens is 406 g/mol. The lowest BCUT2D eigenvalue weighted by molar-refractivity contribution is -0.385. The molecule has 0 aliphatic carbocycles. The lowest BCUT2D eigenvalue weighted by atomic mass is 10.1. The van der Waals surface area contributed by atoms with Crippen molar-refractivity contribution in [1.82, 2.24) is 14.9 Å². The molecule has 0 aliphatic heterocycles. The first kappa shape index (κ1) is 17.4. The molecule has 3 aromatic rings. The molecule has 0 saturated heterocycles. The van der Waals surface area contributed by atoms with E-state index in [0.29, 0.717) is 22.3 Å². The first-order valence-electron chi connectivity index (χ1n) is 7.30. The molecule has 0 atom stereocenters. The maximum absolute atomic E-state index is 11.0. The van der Waals surface area contributed by atoms with Crippen molar-refractivity contribution in [1.29, 1.82) is 0 Å². The summed E-state index contributed by atoms with van der Waals surface area (Å²) < 4.78 is 2.30. The summed E-state index contributed by atoms with van der Waals surface area (Å²) in [6.45, 7) is 1.74. The van der Waals surface area contributed by atoms with E-state index in [1.807, 2.05) is 30.3 Å². The van der Waals surface area contributed by atoms with Gasteiger partial charge in [0.2, 0.25) is 5.16 Å². The minimum atomic E-state index is -0.375. The summed E-state index contributed by atoms with van der Waals surface area (Å²) in [6, 6.07) is 12.7. The molecule has 0 bridgehead atoms. The zero-order valence-corrected chi connectivity index (χ0v) is 15.6. The molecule has 0 amide bonds. The molecule has 0 spiro atoms. The fourth-order valence-electron chi connectivity index (χ4n) is 2.37. The van der Waals surface area contributed by atoms with Crippen LogP contribution >= 0.6 is 27.7 Å². The summed E-state index contributed by atoms with van der Waals surface area (Å²) in [5, 5.41) is 19.9. The Morgan fingerprint density at radius 1 is 1.24 bits per heavy atom. The van der Waals surface area contributed by atoms with Crippen LogP contribution in [0.25, 0.3) is 11.4 Å². The maximum Gasteiger partial charge on any atom is 0.272 e. The Bertz CT molecular complexity index is 944. The van der Waals surface area contributed by atoms with Crippen LogP contribution in [0.5, 0.6) is 0 Å². The molecule has 7 nitrogen and oxygen atoms in total.